The molecule has 0 radical (unpaired) electrons. The first-order valence-corrected chi connectivity index (χ1v) is 10.4. The molecule has 26 heavy (non-hydrogen) atoms. The predicted molar refractivity (Wildman–Crippen MR) is 103 cm³/mol. The van der Waals surface area contributed by atoms with Crippen LogP contribution < -0.4 is 5.56 Å². The number of hydrogen-bond donors (Lipinski definition) is 1. The van der Waals surface area contributed by atoms with Crippen molar-refractivity contribution in [3.63, 3.8) is 0 Å². The third-order valence-corrected chi connectivity index (χ3v) is 6.90. The molecule has 1 N–H and O–H groups in total. The van der Waals surface area contributed by atoms with Gasteiger partial charge in [-0.2, -0.15) is 0 Å². The van der Waals surface area contributed by atoms with Crippen molar-refractivity contribution in [3.05, 3.63) is 40.0 Å². The van der Waals surface area contributed by atoms with Gasteiger partial charge in [0.25, 0.3) is 5.56 Å². The van der Waals surface area contributed by atoms with Crippen molar-refractivity contribution in [1.29, 1.82) is 0 Å². The van der Waals surface area contributed by atoms with Crippen LogP contribution in [-0.4, -0.2) is 28.0 Å². The van der Waals surface area contributed by atoms with E-state index in [0.717, 1.165) is 53.4 Å². The van der Waals surface area contributed by atoms with Gasteiger partial charge in [0, 0.05) is 17.5 Å². The van der Waals surface area contributed by atoms with Crippen LogP contribution in [0, 0.1) is 11.8 Å². The summed E-state index contributed by atoms with van der Waals surface area (Å²) in [6, 6.07) is 3.72. The van der Waals surface area contributed by atoms with Crippen molar-refractivity contribution in [2.75, 3.05) is 13.1 Å². The molecule has 2 atom stereocenters. The highest BCUT2D eigenvalue weighted by molar-refractivity contribution is 7.17. The van der Waals surface area contributed by atoms with Crippen LogP contribution in [-0.2, 0) is 6.54 Å². The van der Waals surface area contributed by atoms with E-state index in [1.807, 2.05) is 17.5 Å². The van der Waals surface area contributed by atoms with Crippen molar-refractivity contribution in [3.8, 4) is 11.3 Å². The monoisotopic (exact) mass is 369 g/mol. The molecule has 3 aromatic heterocycles. The van der Waals surface area contributed by atoms with Crippen LogP contribution in [0.5, 0.6) is 0 Å². The Morgan fingerprint density at radius 1 is 1.27 bits per heavy atom. The van der Waals surface area contributed by atoms with E-state index in [1.165, 1.54) is 43.4 Å². The summed E-state index contributed by atoms with van der Waals surface area (Å²) >= 11 is 1.51. The van der Waals surface area contributed by atoms with Gasteiger partial charge in [-0.3, -0.25) is 9.69 Å². The average molecular weight is 369 g/mol. The second-order valence-corrected chi connectivity index (χ2v) is 8.51. The largest absolute Gasteiger partial charge is 0.464 e. The summed E-state index contributed by atoms with van der Waals surface area (Å²) in [5.74, 6) is 3.25. The lowest BCUT2D eigenvalue weighted by Gasteiger charge is -2.41. The number of furan rings is 1. The maximum absolute atomic E-state index is 12.7. The average Bonchev–Trinajstić information content (AvgIpc) is 3.31. The molecular formula is C20H23N3O2S. The topological polar surface area (TPSA) is 62.1 Å². The Balaban J connectivity index is 1.39. The molecule has 1 saturated heterocycles. The number of likely N-dealkylation sites (tertiary alicyclic amines) is 1. The van der Waals surface area contributed by atoms with Gasteiger partial charge in [0.15, 0.2) is 0 Å². The van der Waals surface area contributed by atoms with Crippen molar-refractivity contribution in [1.82, 2.24) is 14.9 Å². The first-order valence-electron chi connectivity index (χ1n) is 9.54. The van der Waals surface area contributed by atoms with E-state index >= 15 is 0 Å². The highest BCUT2D eigenvalue weighted by atomic mass is 32.1. The molecule has 6 heteroatoms. The smallest absolute Gasteiger partial charge is 0.260 e. The van der Waals surface area contributed by atoms with Crippen LogP contribution in [0.25, 0.3) is 21.5 Å². The minimum absolute atomic E-state index is 0.0646. The Kier molecular flexibility index (Phi) is 4.17. The lowest BCUT2D eigenvalue weighted by molar-refractivity contribution is 0.0803. The number of hydrogen-bond acceptors (Lipinski definition) is 5. The molecule has 1 saturated carbocycles. The number of aromatic amines is 1. The maximum Gasteiger partial charge on any atom is 0.260 e. The summed E-state index contributed by atoms with van der Waals surface area (Å²) in [6.07, 6.45) is 8.47. The van der Waals surface area contributed by atoms with E-state index in [9.17, 15) is 4.79 Å². The second kappa shape index (κ2) is 6.67. The Morgan fingerprint density at radius 3 is 3.00 bits per heavy atom. The van der Waals surface area contributed by atoms with Crippen molar-refractivity contribution < 1.29 is 4.42 Å². The van der Waals surface area contributed by atoms with E-state index in [1.54, 1.807) is 6.26 Å². The Morgan fingerprint density at radius 2 is 2.15 bits per heavy atom. The number of nitrogens with zero attached hydrogens (tertiary/aromatic N) is 2. The molecule has 136 valence electrons. The lowest BCUT2D eigenvalue weighted by atomic mass is 9.75. The Labute approximate surface area is 156 Å². The molecule has 1 aliphatic heterocycles. The van der Waals surface area contributed by atoms with Gasteiger partial charge in [0.05, 0.1) is 18.2 Å². The fraction of sp³-hybridized carbons (Fsp3) is 0.500. The number of thiophene rings is 1. The SMILES string of the molecule is O=c1[nH]c(CN2CC[C@H]3CCCC[C@@H]3C2)nc2scc(-c3ccco3)c12. The maximum atomic E-state index is 12.7. The highest BCUT2D eigenvalue weighted by Crippen LogP contribution is 2.36. The zero-order chi connectivity index (χ0) is 17.5. The van der Waals surface area contributed by atoms with Crippen molar-refractivity contribution >= 4 is 21.6 Å². The van der Waals surface area contributed by atoms with Gasteiger partial charge in [-0.1, -0.05) is 19.3 Å². The molecule has 4 heterocycles. The molecule has 0 unspecified atom stereocenters. The van der Waals surface area contributed by atoms with Gasteiger partial charge in [0.1, 0.15) is 16.4 Å². The molecule has 5 nitrogen and oxygen atoms in total. The normalized spacial score (nSPS) is 24.0. The summed E-state index contributed by atoms with van der Waals surface area (Å²) in [7, 11) is 0. The fourth-order valence-electron chi connectivity index (χ4n) is 4.71. The summed E-state index contributed by atoms with van der Waals surface area (Å²) < 4.78 is 5.46. The number of rotatable bonds is 3. The minimum Gasteiger partial charge on any atom is -0.464 e. The third-order valence-electron chi connectivity index (χ3n) is 6.03. The second-order valence-electron chi connectivity index (χ2n) is 7.65. The molecule has 1 aliphatic carbocycles. The summed E-state index contributed by atoms with van der Waals surface area (Å²) in [4.78, 5) is 23.7. The van der Waals surface area contributed by atoms with Crippen LogP contribution in [0.4, 0.5) is 0 Å². The fourth-order valence-corrected chi connectivity index (χ4v) is 5.66. The number of nitrogens with one attached hydrogen (secondary N) is 1. The van der Waals surface area contributed by atoms with Gasteiger partial charge in [-0.05, 0) is 43.4 Å². The Hall–Kier alpha value is -1.92. The van der Waals surface area contributed by atoms with Crippen LogP contribution >= 0.6 is 11.3 Å². The zero-order valence-corrected chi connectivity index (χ0v) is 15.6. The van der Waals surface area contributed by atoms with Gasteiger partial charge < -0.3 is 9.40 Å². The predicted octanol–water partition coefficient (Wildman–Crippen LogP) is 4.26. The van der Waals surface area contributed by atoms with E-state index in [-0.39, 0.29) is 5.56 Å². The molecule has 2 fully saturated rings. The zero-order valence-electron chi connectivity index (χ0n) is 14.7. The summed E-state index contributed by atoms with van der Waals surface area (Å²) in [5.41, 5.74) is 0.767. The quantitative estimate of drug-likeness (QED) is 0.749. The van der Waals surface area contributed by atoms with Crippen LogP contribution in [0.3, 0.4) is 0 Å². The Bertz CT molecular complexity index is 959. The number of fused-ring (bicyclic) bond motifs is 2. The molecule has 2 aliphatic rings. The van der Waals surface area contributed by atoms with E-state index in [2.05, 4.69) is 9.88 Å². The summed E-state index contributed by atoms with van der Waals surface area (Å²) in [6.45, 7) is 3.00. The van der Waals surface area contributed by atoms with Crippen LogP contribution in [0.2, 0.25) is 0 Å². The van der Waals surface area contributed by atoms with E-state index in [0.29, 0.717) is 5.39 Å². The van der Waals surface area contributed by atoms with E-state index in [4.69, 9.17) is 9.40 Å². The van der Waals surface area contributed by atoms with Crippen LogP contribution in [0.1, 0.15) is 37.9 Å². The summed E-state index contributed by atoms with van der Waals surface area (Å²) in [5, 5.41) is 2.60. The molecule has 0 amide bonds. The first-order chi connectivity index (χ1) is 12.8. The minimum atomic E-state index is -0.0646. The molecule has 0 bridgehead atoms. The van der Waals surface area contributed by atoms with Gasteiger partial charge in [-0.25, -0.2) is 4.98 Å². The molecule has 5 rings (SSSR count). The van der Waals surface area contributed by atoms with Gasteiger partial charge in [0.2, 0.25) is 0 Å². The van der Waals surface area contributed by atoms with Crippen LogP contribution in [0.15, 0.2) is 33.0 Å². The van der Waals surface area contributed by atoms with Crippen molar-refractivity contribution in [2.45, 2.75) is 38.6 Å². The number of piperidine rings is 1. The molecule has 0 spiro atoms. The number of aromatic nitrogens is 2. The lowest BCUT2D eigenvalue weighted by Crippen LogP contribution is -2.41. The molecule has 3 aromatic rings. The van der Waals surface area contributed by atoms with Gasteiger partial charge in [-0.15, -0.1) is 11.3 Å². The number of H-pyrrole nitrogens is 1. The molecular weight excluding hydrogens is 346 g/mol. The van der Waals surface area contributed by atoms with Crippen molar-refractivity contribution in [2.24, 2.45) is 11.8 Å². The highest BCUT2D eigenvalue weighted by Gasteiger charge is 2.31. The van der Waals surface area contributed by atoms with E-state index < -0.39 is 0 Å². The van der Waals surface area contributed by atoms with Gasteiger partial charge >= 0.3 is 0 Å². The standard InChI is InChI=1S/C20H23N3O2S/c24-19-18-15(16-6-3-9-25-16)12-26-20(18)22-17(21-19)11-23-8-7-13-4-1-2-5-14(13)10-23/h3,6,9,12-14H,1-2,4-5,7-8,10-11H2,(H,21,22,24)/t13-,14-/m1/s1. The molecule has 0 aromatic carbocycles. The third kappa shape index (κ3) is 2.91. The first kappa shape index (κ1) is 16.3.